The van der Waals surface area contributed by atoms with Crippen molar-refractivity contribution in [2.45, 2.75) is 108 Å². The lowest BCUT2D eigenvalue weighted by molar-refractivity contribution is 0.0817. The molecule has 1 unspecified atom stereocenters. The molecule has 0 bridgehead atoms. The molecule has 0 aromatic carbocycles. The van der Waals surface area contributed by atoms with Gasteiger partial charge in [-0.05, 0) is 32.2 Å². The van der Waals surface area contributed by atoms with E-state index in [-0.39, 0.29) is 6.10 Å². The van der Waals surface area contributed by atoms with E-state index in [9.17, 15) is 18.1 Å². The Balaban J connectivity index is 2.11. The lowest BCUT2D eigenvalue weighted by atomic mass is 10.0. The third-order valence-corrected chi connectivity index (χ3v) is 6.94. The maximum atomic E-state index is 11.6. The van der Waals surface area contributed by atoms with E-state index in [1.807, 2.05) is 0 Å². The molecule has 1 aliphatic heterocycles. The third-order valence-electron chi connectivity index (χ3n) is 5.63. The summed E-state index contributed by atoms with van der Waals surface area (Å²) >= 11 is 0. The zero-order valence-electron chi connectivity index (χ0n) is 16.7. The van der Waals surface area contributed by atoms with Gasteiger partial charge in [-0.3, -0.25) is 4.55 Å². The minimum Gasteiger partial charge on any atom is -0.393 e. The number of unbranched alkanes of at least 4 members (excludes halogenated alkanes) is 9. The molecule has 0 radical (unpaired) electrons. The molecule has 0 spiro atoms. The van der Waals surface area contributed by atoms with Crippen molar-refractivity contribution in [1.29, 1.82) is 0 Å². The predicted octanol–water partition coefficient (Wildman–Crippen LogP) is 4.40. The highest BCUT2D eigenvalue weighted by Gasteiger charge is 2.24. The van der Waals surface area contributed by atoms with Crippen LogP contribution >= 0.6 is 0 Å². The van der Waals surface area contributed by atoms with Crippen molar-refractivity contribution in [3.05, 3.63) is 0 Å². The van der Waals surface area contributed by atoms with Gasteiger partial charge in [-0.2, -0.15) is 8.42 Å². The molecule has 0 aromatic heterocycles. The molecule has 0 aliphatic carbocycles. The van der Waals surface area contributed by atoms with E-state index in [1.54, 1.807) is 0 Å². The number of rotatable bonds is 15. The molecule has 1 saturated heterocycles. The number of hydrogen-bond acceptors (Lipinski definition) is 4. The highest BCUT2D eigenvalue weighted by atomic mass is 32.2. The minimum absolute atomic E-state index is 0.213. The van der Waals surface area contributed by atoms with E-state index in [4.69, 9.17) is 0 Å². The normalized spacial score (nSPS) is 18.3. The Hall–Kier alpha value is -0.170. The van der Waals surface area contributed by atoms with Gasteiger partial charge in [0.15, 0.2) is 0 Å². The van der Waals surface area contributed by atoms with Crippen LogP contribution in [0.15, 0.2) is 0 Å². The van der Waals surface area contributed by atoms with Gasteiger partial charge in [0, 0.05) is 13.1 Å². The highest BCUT2D eigenvalue weighted by molar-refractivity contribution is 7.86. The van der Waals surface area contributed by atoms with Gasteiger partial charge in [0.2, 0.25) is 0 Å². The molecule has 156 valence electrons. The number of aliphatic hydroxyl groups excluding tert-OH is 1. The minimum atomic E-state index is -3.96. The molecule has 1 heterocycles. The van der Waals surface area contributed by atoms with Crippen LogP contribution in [0.5, 0.6) is 0 Å². The number of aliphatic hydroxyl groups is 1. The quantitative estimate of drug-likeness (QED) is 0.319. The zero-order valence-corrected chi connectivity index (χ0v) is 17.6. The Morgan fingerprint density at radius 3 is 1.88 bits per heavy atom. The summed E-state index contributed by atoms with van der Waals surface area (Å²) in [7, 11) is -3.96. The van der Waals surface area contributed by atoms with Crippen molar-refractivity contribution >= 4 is 10.1 Å². The Morgan fingerprint density at radius 1 is 0.885 bits per heavy atom. The largest absolute Gasteiger partial charge is 0.393 e. The Kier molecular flexibility index (Phi) is 12.8. The van der Waals surface area contributed by atoms with Crippen molar-refractivity contribution in [2.24, 2.45) is 0 Å². The van der Waals surface area contributed by atoms with E-state index in [0.717, 1.165) is 45.2 Å². The predicted molar refractivity (Wildman–Crippen MR) is 108 cm³/mol. The molecule has 2 N–H and O–H groups in total. The van der Waals surface area contributed by atoms with E-state index < -0.39 is 15.4 Å². The van der Waals surface area contributed by atoms with Crippen LogP contribution in [0.4, 0.5) is 0 Å². The SMILES string of the molecule is CCCCCCCCCCCCC(CCN1CCC(O)CC1)S(=O)(=O)O. The average molecular weight is 392 g/mol. The Bertz CT molecular complexity index is 433. The number of hydrogen-bond donors (Lipinski definition) is 2. The monoisotopic (exact) mass is 391 g/mol. The van der Waals surface area contributed by atoms with Crippen LogP contribution in [0.2, 0.25) is 0 Å². The van der Waals surface area contributed by atoms with Crippen molar-refractivity contribution < 1.29 is 18.1 Å². The van der Waals surface area contributed by atoms with Gasteiger partial charge in [-0.25, -0.2) is 0 Å². The third kappa shape index (κ3) is 11.5. The molecule has 1 atom stereocenters. The second-order valence-electron chi connectivity index (χ2n) is 7.97. The summed E-state index contributed by atoms with van der Waals surface area (Å²) in [6.07, 6.45) is 14.6. The second kappa shape index (κ2) is 13.9. The van der Waals surface area contributed by atoms with E-state index in [2.05, 4.69) is 11.8 Å². The molecule has 26 heavy (non-hydrogen) atoms. The van der Waals surface area contributed by atoms with Crippen LogP contribution in [0.25, 0.3) is 0 Å². The Labute approximate surface area is 161 Å². The standard InChI is InChI=1S/C20H41NO4S/c1-2-3-4-5-6-7-8-9-10-11-12-20(26(23,24)25)15-18-21-16-13-19(22)14-17-21/h19-20,22H,2-18H2,1H3,(H,23,24,25). The van der Waals surface area contributed by atoms with Gasteiger partial charge in [-0.15, -0.1) is 0 Å². The average Bonchev–Trinajstić information content (AvgIpc) is 2.59. The van der Waals surface area contributed by atoms with Crippen LogP contribution in [-0.4, -0.2) is 54.0 Å². The number of piperidine rings is 1. The summed E-state index contributed by atoms with van der Waals surface area (Å²) in [5, 5.41) is 8.89. The van der Waals surface area contributed by atoms with E-state index >= 15 is 0 Å². The molecular weight excluding hydrogens is 350 g/mol. The maximum Gasteiger partial charge on any atom is 0.267 e. The first kappa shape index (κ1) is 23.9. The van der Waals surface area contributed by atoms with E-state index in [0.29, 0.717) is 19.4 Å². The summed E-state index contributed by atoms with van der Waals surface area (Å²) in [5.41, 5.74) is 0. The first-order valence-corrected chi connectivity index (χ1v) is 12.3. The van der Waals surface area contributed by atoms with Crippen LogP contribution in [0.1, 0.15) is 96.8 Å². The fourth-order valence-corrected chi connectivity index (χ4v) is 4.64. The van der Waals surface area contributed by atoms with Gasteiger partial charge in [-0.1, -0.05) is 71.1 Å². The molecule has 0 amide bonds. The second-order valence-corrected chi connectivity index (χ2v) is 9.67. The van der Waals surface area contributed by atoms with Gasteiger partial charge >= 0.3 is 0 Å². The topological polar surface area (TPSA) is 77.8 Å². The van der Waals surface area contributed by atoms with Gasteiger partial charge < -0.3 is 10.0 Å². The first-order chi connectivity index (χ1) is 12.4. The van der Waals surface area contributed by atoms with Crippen molar-refractivity contribution in [1.82, 2.24) is 4.90 Å². The van der Waals surface area contributed by atoms with Crippen LogP contribution in [0.3, 0.4) is 0 Å². The summed E-state index contributed by atoms with van der Waals surface area (Å²) in [6, 6.07) is 0. The molecule has 1 fully saturated rings. The lowest BCUT2D eigenvalue weighted by Crippen LogP contribution is -2.38. The smallest absolute Gasteiger partial charge is 0.267 e. The summed E-state index contributed by atoms with van der Waals surface area (Å²) in [6.45, 7) is 4.56. The fourth-order valence-electron chi connectivity index (χ4n) is 3.77. The van der Waals surface area contributed by atoms with Crippen LogP contribution in [-0.2, 0) is 10.1 Å². The van der Waals surface area contributed by atoms with Crippen molar-refractivity contribution in [3.8, 4) is 0 Å². The fraction of sp³-hybridized carbons (Fsp3) is 1.00. The molecule has 6 heteroatoms. The Morgan fingerprint density at radius 2 is 1.38 bits per heavy atom. The molecule has 1 rings (SSSR count). The zero-order chi connectivity index (χ0) is 19.3. The molecular formula is C20H41NO4S. The number of likely N-dealkylation sites (tertiary alicyclic amines) is 1. The lowest BCUT2D eigenvalue weighted by Gasteiger charge is -2.30. The highest BCUT2D eigenvalue weighted by Crippen LogP contribution is 2.18. The summed E-state index contributed by atoms with van der Waals surface area (Å²) < 4.78 is 32.8. The molecule has 0 aromatic rings. The van der Waals surface area contributed by atoms with Gasteiger partial charge in [0.05, 0.1) is 11.4 Å². The summed E-state index contributed by atoms with van der Waals surface area (Å²) in [4.78, 5) is 2.20. The molecule has 1 aliphatic rings. The molecule has 0 saturated carbocycles. The van der Waals surface area contributed by atoms with Gasteiger partial charge in [0.1, 0.15) is 0 Å². The van der Waals surface area contributed by atoms with Crippen LogP contribution in [0, 0.1) is 0 Å². The van der Waals surface area contributed by atoms with Gasteiger partial charge in [0.25, 0.3) is 10.1 Å². The van der Waals surface area contributed by atoms with Crippen molar-refractivity contribution in [3.63, 3.8) is 0 Å². The van der Waals surface area contributed by atoms with E-state index in [1.165, 1.54) is 44.9 Å². The van der Waals surface area contributed by atoms with Crippen LogP contribution < -0.4 is 0 Å². The first-order valence-electron chi connectivity index (χ1n) is 10.8. The molecule has 5 nitrogen and oxygen atoms in total. The van der Waals surface area contributed by atoms with Crippen molar-refractivity contribution in [2.75, 3.05) is 19.6 Å². The number of nitrogens with zero attached hydrogens (tertiary/aromatic N) is 1. The maximum absolute atomic E-state index is 11.6. The summed E-state index contributed by atoms with van der Waals surface area (Å²) in [5.74, 6) is 0.